The van der Waals surface area contributed by atoms with E-state index in [1.54, 1.807) is 0 Å². The number of nitrogens with zero attached hydrogens (tertiary/aromatic N) is 1. The van der Waals surface area contributed by atoms with Crippen LogP contribution in [0.1, 0.15) is 57.6 Å². The Kier molecular flexibility index (Phi) is 4.30. The molecule has 110 valence electrons. The number of hydrogen-bond acceptors (Lipinski definition) is 2. The molecule has 2 aliphatic rings. The molecule has 2 heteroatoms. The third-order valence-corrected chi connectivity index (χ3v) is 5.08. The lowest BCUT2D eigenvalue weighted by Gasteiger charge is -2.33. The predicted octanol–water partition coefficient (Wildman–Crippen LogP) is 4.13. The van der Waals surface area contributed by atoms with E-state index in [0.29, 0.717) is 6.04 Å². The normalized spacial score (nSPS) is 26.2. The third kappa shape index (κ3) is 2.58. The van der Waals surface area contributed by atoms with Crippen molar-refractivity contribution in [2.45, 2.75) is 58.0 Å². The number of para-hydroxylation sites is 1. The third-order valence-electron chi connectivity index (χ3n) is 5.08. The van der Waals surface area contributed by atoms with Crippen LogP contribution in [0.15, 0.2) is 24.3 Å². The zero-order valence-corrected chi connectivity index (χ0v) is 12.9. The zero-order valence-electron chi connectivity index (χ0n) is 12.9. The Labute approximate surface area is 123 Å². The lowest BCUT2D eigenvalue weighted by Crippen LogP contribution is -2.34. The molecule has 1 aliphatic heterocycles. The minimum atomic E-state index is 0.505. The summed E-state index contributed by atoms with van der Waals surface area (Å²) in [7, 11) is 0. The molecule has 0 aromatic heterocycles. The van der Waals surface area contributed by atoms with E-state index >= 15 is 0 Å². The molecule has 1 aromatic rings. The molecule has 1 saturated carbocycles. The molecule has 2 fully saturated rings. The Balaban J connectivity index is 1.84. The van der Waals surface area contributed by atoms with Crippen LogP contribution >= 0.6 is 0 Å². The maximum atomic E-state index is 3.72. The highest BCUT2D eigenvalue weighted by Gasteiger charge is 2.38. The van der Waals surface area contributed by atoms with Crippen LogP contribution in [0.25, 0.3) is 0 Å². The van der Waals surface area contributed by atoms with Gasteiger partial charge in [-0.2, -0.15) is 0 Å². The fourth-order valence-corrected chi connectivity index (χ4v) is 4.06. The molecular formula is C18H28N2. The van der Waals surface area contributed by atoms with Crippen LogP contribution in [0.2, 0.25) is 0 Å². The first-order chi connectivity index (χ1) is 9.83. The van der Waals surface area contributed by atoms with Crippen LogP contribution in [0.5, 0.6) is 0 Å². The summed E-state index contributed by atoms with van der Waals surface area (Å²) in [6.45, 7) is 6.93. The lowest BCUT2D eigenvalue weighted by atomic mass is 10.00. The van der Waals surface area contributed by atoms with Gasteiger partial charge in [0, 0.05) is 24.3 Å². The van der Waals surface area contributed by atoms with Crippen molar-refractivity contribution in [3.8, 4) is 0 Å². The fraction of sp³-hybridized carbons (Fsp3) is 0.667. The van der Waals surface area contributed by atoms with E-state index in [9.17, 15) is 0 Å². The number of anilines is 1. The molecular weight excluding hydrogens is 244 g/mol. The highest BCUT2D eigenvalue weighted by molar-refractivity contribution is 5.57. The number of benzene rings is 1. The molecule has 3 rings (SSSR count). The molecule has 0 radical (unpaired) electrons. The maximum absolute atomic E-state index is 3.72. The van der Waals surface area contributed by atoms with E-state index < -0.39 is 0 Å². The summed E-state index contributed by atoms with van der Waals surface area (Å²) in [4.78, 5) is 2.69. The lowest BCUT2D eigenvalue weighted by molar-refractivity contribution is 0.511. The Morgan fingerprint density at radius 3 is 2.75 bits per heavy atom. The van der Waals surface area contributed by atoms with Gasteiger partial charge in [0.15, 0.2) is 0 Å². The highest BCUT2D eigenvalue weighted by Crippen LogP contribution is 2.42. The topological polar surface area (TPSA) is 15.3 Å². The van der Waals surface area contributed by atoms with E-state index in [2.05, 4.69) is 48.3 Å². The van der Waals surface area contributed by atoms with Gasteiger partial charge in [-0.25, -0.2) is 0 Å². The number of hydrogen-bond donors (Lipinski definition) is 1. The average molecular weight is 272 g/mol. The summed E-state index contributed by atoms with van der Waals surface area (Å²) >= 11 is 0. The molecule has 1 aromatic carbocycles. The smallest absolute Gasteiger partial charge is 0.0417 e. The molecule has 1 N–H and O–H groups in total. The van der Waals surface area contributed by atoms with Gasteiger partial charge in [0.1, 0.15) is 0 Å². The number of fused-ring (bicyclic) bond motifs is 2. The van der Waals surface area contributed by atoms with Gasteiger partial charge in [0.25, 0.3) is 0 Å². The highest BCUT2D eigenvalue weighted by atomic mass is 15.2. The second-order valence-electron chi connectivity index (χ2n) is 6.46. The molecule has 1 aliphatic carbocycles. The first-order valence-corrected chi connectivity index (χ1v) is 8.42. The van der Waals surface area contributed by atoms with E-state index in [-0.39, 0.29) is 0 Å². The van der Waals surface area contributed by atoms with Crippen molar-refractivity contribution in [2.75, 3.05) is 18.0 Å². The quantitative estimate of drug-likeness (QED) is 0.838. The Bertz CT molecular complexity index is 443. The SMILES string of the molecule is CCCNC(CC)c1ccccc1N1CC2CCC1C2. The van der Waals surface area contributed by atoms with Crippen molar-refractivity contribution >= 4 is 5.69 Å². The second-order valence-corrected chi connectivity index (χ2v) is 6.46. The van der Waals surface area contributed by atoms with Crippen molar-refractivity contribution in [1.82, 2.24) is 5.32 Å². The number of nitrogens with one attached hydrogen (secondary N) is 1. The summed E-state index contributed by atoms with van der Waals surface area (Å²) in [6.07, 6.45) is 6.65. The summed E-state index contributed by atoms with van der Waals surface area (Å²) in [5, 5.41) is 3.72. The van der Waals surface area contributed by atoms with Gasteiger partial charge in [0.05, 0.1) is 0 Å². The summed E-state index contributed by atoms with van der Waals surface area (Å²) in [5.41, 5.74) is 3.01. The summed E-state index contributed by atoms with van der Waals surface area (Å²) in [6, 6.07) is 10.4. The van der Waals surface area contributed by atoms with Gasteiger partial charge in [-0.3, -0.25) is 0 Å². The number of piperidine rings is 1. The second kappa shape index (κ2) is 6.17. The van der Waals surface area contributed by atoms with Gasteiger partial charge in [0.2, 0.25) is 0 Å². The predicted molar refractivity (Wildman–Crippen MR) is 86.2 cm³/mol. The molecule has 1 saturated heterocycles. The molecule has 0 spiro atoms. The fourth-order valence-electron chi connectivity index (χ4n) is 4.06. The maximum Gasteiger partial charge on any atom is 0.0417 e. The molecule has 3 unspecified atom stereocenters. The van der Waals surface area contributed by atoms with Gasteiger partial charge >= 0.3 is 0 Å². The summed E-state index contributed by atoms with van der Waals surface area (Å²) in [5.74, 6) is 0.955. The molecule has 2 bridgehead atoms. The first kappa shape index (κ1) is 13.9. The van der Waals surface area contributed by atoms with Crippen LogP contribution in [0, 0.1) is 5.92 Å². The van der Waals surface area contributed by atoms with Gasteiger partial charge < -0.3 is 10.2 Å². The van der Waals surface area contributed by atoms with E-state index in [0.717, 1.165) is 18.5 Å². The van der Waals surface area contributed by atoms with E-state index in [1.165, 1.54) is 49.9 Å². The van der Waals surface area contributed by atoms with Gasteiger partial charge in [-0.05, 0) is 56.2 Å². The van der Waals surface area contributed by atoms with Crippen molar-refractivity contribution in [3.05, 3.63) is 29.8 Å². The molecule has 2 nitrogen and oxygen atoms in total. The monoisotopic (exact) mass is 272 g/mol. The van der Waals surface area contributed by atoms with Crippen molar-refractivity contribution < 1.29 is 0 Å². The molecule has 20 heavy (non-hydrogen) atoms. The van der Waals surface area contributed by atoms with Crippen LogP contribution < -0.4 is 10.2 Å². The average Bonchev–Trinajstić information content (AvgIpc) is 3.11. The van der Waals surface area contributed by atoms with Crippen molar-refractivity contribution in [2.24, 2.45) is 5.92 Å². The molecule has 1 heterocycles. The van der Waals surface area contributed by atoms with E-state index in [4.69, 9.17) is 0 Å². The van der Waals surface area contributed by atoms with Crippen molar-refractivity contribution in [1.29, 1.82) is 0 Å². The van der Waals surface area contributed by atoms with Gasteiger partial charge in [-0.15, -0.1) is 0 Å². The van der Waals surface area contributed by atoms with Crippen LogP contribution in [-0.2, 0) is 0 Å². The van der Waals surface area contributed by atoms with Crippen molar-refractivity contribution in [3.63, 3.8) is 0 Å². The number of rotatable bonds is 6. The largest absolute Gasteiger partial charge is 0.368 e. The molecule has 3 atom stereocenters. The summed E-state index contributed by atoms with van der Waals surface area (Å²) < 4.78 is 0. The van der Waals surface area contributed by atoms with E-state index in [1.807, 2.05) is 0 Å². The Morgan fingerprint density at radius 1 is 1.25 bits per heavy atom. The van der Waals surface area contributed by atoms with Crippen LogP contribution in [-0.4, -0.2) is 19.1 Å². The first-order valence-electron chi connectivity index (χ1n) is 8.42. The van der Waals surface area contributed by atoms with Gasteiger partial charge in [-0.1, -0.05) is 32.0 Å². The zero-order chi connectivity index (χ0) is 13.9. The van der Waals surface area contributed by atoms with Crippen LogP contribution in [0.4, 0.5) is 5.69 Å². The van der Waals surface area contributed by atoms with Crippen LogP contribution in [0.3, 0.4) is 0 Å². The molecule has 0 amide bonds. The minimum Gasteiger partial charge on any atom is -0.368 e. The Hall–Kier alpha value is -1.02. The standard InChI is InChI=1S/C18H28N2/c1-3-11-19-17(4-2)16-7-5-6-8-18(16)20-13-14-9-10-15(20)12-14/h5-8,14-15,17,19H,3-4,9-13H2,1-2H3. The minimum absolute atomic E-state index is 0.505. The Morgan fingerprint density at radius 2 is 2.10 bits per heavy atom.